The molecule has 0 atom stereocenters. The molecule has 2 N–H and O–H groups in total. The first-order chi connectivity index (χ1) is 4.06. The second kappa shape index (κ2) is 6.32. The average Bonchev–Trinajstić information content (AvgIpc) is 1.63. The fourth-order valence-corrected chi connectivity index (χ4v) is 1.39. The molecule has 0 bridgehead atoms. The molecule has 0 amide bonds. The van der Waals surface area contributed by atoms with E-state index >= 15 is 0 Å². The lowest BCUT2D eigenvalue weighted by atomic mass is 10.3. The van der Waals surface area contributed by atoms with E-state index in [0.29, 0.717) is 4.75 Å². The van der Waals surface area contributed by atoms with Crippen molar-refractivity contribution in [1.29, 1.82) is 0 Å². The van der Waals surface area contributed by atoms with Gasteiger partial charge in [-0.25, -0.2) is 0 Å². The van der Waals surface area contributed by atoms with Crippen molar-refractivity contribution < 1.29 is 0 Å². The summed E-state index contributed by atoms with van der Waals surface area (Å²) in [6.45, 7) is 7.51. The predicted molar refractivity (Wildman–Crippen MR) is 53.1 cm³/mol. The Morgan fingerprint density at radius 3 is 2.10 bits per heavy atom. The highest BCUT2D eigenvalue weighted by molar-refractivity contribution is 8.00. The Balaban J connectivity index is 0. The normalized spacial score (nSPS) is 10.8. The Kier molecular flexibility index (Phi) is 8.35. The number of thioether (sulfide) groups is 1. The van der Waals surface area contributed by atoms with Crippen LogP contribution in [0.5, 0.6) is 0 Å². The van der Waals surface area contributed by atoms with E-state index < -0.39 is 0 Å². The summed E-state index contributed by atoms with van der Waals surface area (Å²) >= 11 is 1.98. The number of rotatable bonds is 3. The maximum absolute atomic E-state index is 5.34. The first-order valence-electron chi connectivity index (χ1n) is 3.40. The summed E-state index contributed by atoms with van der Waals surface area (Å²) in [5, 5.41) is 0. The standard InChI is InChI=1S/C7H17NS.ClH/c1-7(2,3)9-6-4-5-8;/h4-6,8H2,1-3H3;1H. The topological polar surface area (TPSA) is 26.0 Å². The maximum atomic E-state index is 5.34. The second-order valence-electron chi connectivity index (χ2n) is 3.10. The number of hydrogen-bond acceptors (Lipinski definition) is 2. The van der Waals surface area contributed by atoms with Crippen molar-refractivity contribution >= 4 is 24.2 Å². The molecule has 0 radical (unpaired) electrons. The third kappa shape index (κ3) is 11.4. The molecule has 10 heavy (non-hydrogen) atoms. The highest BCUT2D eigenvalue weighted by atomic mass is 35.5. The highest BCUT2D eigenvalue weighted by Crippen LogP contribution is 2.22. The number of halogens is 1. The van der Waals surface area contributed by atoms with Gasteiger partial charge in [0.25, 0.3) is 0 Å². The minimum atomic E-state index is 0. The monoisotopic (exact) mass is 183 g/mol. The molecule has 0 rings (SSSR count). The van der Waals surface area contributed by atoms with Crippen molar-refractivity contribution in [2.75, 3.05) is 12.3 Å². The van der Waals surface area contributed by atoms with E-state index in [1.165, 1.54) is 5.75 Å². The van der Waals surface area contributed by atoms with Gasteiger partial charge in [0.05, 0.1) is 0 Å². The van der Waals surface area contributed by atoms with Gasteiger partial charge in [-0.2, -0.15) is 11.8 Å². The van der Waals surface area contributed by atoms with Crippen LogP contribution in [0, 0.1) is 0 Å². The molecular formula is C7H18ClNS. The van der Waals surface area contributed by atoms with Crippen LogP contribution < -0.4 is 5.73 Å². The first-order valence-corrected chi connectivity index (χ1v) is 4.39. The molecule has 0 aromatic carbocycles. The quantitative estimate of drug-likeness (QED) is 0.680. The van der Waals surface area contributed by atoms with Gasteiger partial charge in [0, 0.05) is 4.75 Å². The molecule has 0 aromatic heterocycles. The molecule has 0 heterocycles. The lowest BCUT2D eigenvalue weighted by molar-refractivity contribution is 0.797. The molecule has 0 unspecified atom stereocenters. The SMILES string of the molecule is CC(C)(C)SCCCN.Cl. The molecule has 0 saturated carbocycles. The summed E-state index contributed by atoms with van der Waals surface area (Å²) in [6.07, 6.45) is 1.14. The number of nitrogens with two attached hydrogens (primary N) is 1. The minimum absolute atomic E-state index is 0. The molecule has 0 aliphatic heterocycles. The van der Waals surface area contributed by atoms with E-state index in [1.807, 2.05) is 11.8 Å². The fourth-order valence-electron chi connectivity index (χ4n) is 0.462. The van der Waals surface area contributed by atoms with Gasteiger partial charge in [0.2, 0.25) is 0 Å². The number of hydrogen-bond donors (Lipinski definition) is 1. The van der Waals surface area contributed by atoms with Crippen molar-refractivity contribution in [2.45, 2.75) is 31.9 Å². The van der Waals surface area contributed by atoms with E-state index in [1.54, 1.807) is 0 Å². The van der Waals surface area contributed by atoms with Gasteiger partial charge in [0.1, 0.15) is 0 Å². The molecular weight excluding hydrogens is 166 g/mol. The summed E-state index contributed by atoms with van der Waals surface area (Å²) < 4.78 is 0.412. The van der Waals surface area contributed by atoms with Gasteiger partial charge in [-0.1, -0.05) is 20.8 Å². The lowest BCUT2D eigenvalue weighted by Gasteiger charge is -2.16. The summed E-state index contributed by atoms with van der Waals surface area (Å²) in [6, 6.07) is 0. The first kappa shape index (κ1) is 13.2. The zero-order valence-electron chi connectivity index (χ0n) is 7.02. The smallest absolute Gasteiger partial charge is 0.00751 e. The van der Waals surface area contributed by atoms with Gasteiger partial charge in [-0.15, -0.1) is 12.4 Å². The van der Waals surface area contributed by atoms with Gasteiger partial charge < -0.3 is 5.73 Å². The average molecular weight is 184 g/mol. The van der Waals surface area contributed by atoms with Crippen molar-refractivity contribution in [2.24, 2.45) is 5.73 Å². The predicted octanol–water partition coefficient (Wildman–Crippen LogP) is 2.29. The Bertz CT molecular complexity index is 70.5. The highest BCUT2D eigenvalue weighted by Gasteiger charge is 2.08. The van der Waals surface area contributed by atoms with E-state index in [2.05, 4.69) is 20.8 Å². The van der Waals surface area contributed by atoms with Crippen LogP contribution in [0.25, 0.3) is 0 Å². The lowest BCUT2D eigenvalue weighted by Crippen LogP contribution is -2.10. The van der Waals surface area contributed by atoms with Crippen LogP contribution >= 0.6 is 24.2 Å². The molecule has 0 aliphatic carbocycles. The largest absolute Gasteiger partial charge is 0.330 e. The molecule has 1 nitrogen and oxygen atoms in total. The summed E-state index contributed by atoms with van der Waals surface area (Å²) in [4.78, 5) is 0. The van der Waals surface area contributed by atoms with Crippen LogP contribution in [0.1, 0.15) is 27.2 Å². The van der Waals surface area contributed by atoms with Gasteiger partial charge in [-0.05, 0) is 18.7 Å². The van der Waals surface area contributed by atoms with E-state index in [9.17, 15) is 0 Å². The summed E-state index contributed by atoms with van der Waals surface area (Å²) in [5.41, 5.74) is 5.34. The maximum Gasteiger partial charge on any atom is 0.00751 e. The second-order valence-corrected chi connectivity index (χ2v) is 5.02. The Hall–Kier alpha value is 0.600. The van der Waals surface area contributed by atoms with E-state index in [0.717, 1.165) is 13.0 Å². The molecule has 0 spiro atoms. The van der Waals surface area contributed by atoms with E-state index in [-0.39, 0.29) is 12.4 Å². The zero-order valence-corrected chi connectivity index (χ0v) is 8.65. The Morgan fingerprint density at radius 1 is 1.30 bits per heavy atom. The van der Waals surface area contributed by atoms with Crippen molar-refractivity contribution in [1.82, 2.24) is 0 Å². The van der Waals surface area contributed by atoms with Crippen LogP contribution in [0.15, 0.2) is 0 Å². The van der Waals surface area contributed by atoms with Gasteiger partial charge in [-0.3, -0.25) is 0 Å². The van der Waals surface area contributed by atoms with Gasteiger partial charge in [0.15, 0.2) is 0 Å². The molecule has 3 heteroatoms. The van der Waals surface area contributed by atoms with Crippen molar-refractivity contribution in [3.05, 3.63) is 0 Å². The summed E-state index contributed by atoms with van der Waals surface area (Å²) in [5.74, 6) is 1.19. The Labute approximate surface area is 74.5 Å². The molecule has 0 aliphatic rings. The van der Waals surface area contributed by atoms with Crippen LogP contribution in [0.3, 0.4) is 0 Å². The van der Waals surface area contributed by atoms with Crippen LogP contribution in [0.4, 0.5) is 0 Å². The third-order valence-electron chi connectivity index (χ3n) is 0.884. The summed E-state index contributed by atoms with van der Waals surface area (Å²) in [7, 11) is 0. The van der Waals surface area contributed by atoms with Gasteiger partial charge >= 0.3 is 0 Å². The molecule has 0 fully saturated rings. The van der Waals surface area contributed by atoms with Crippen molar-refractivity contribution in [3.8, 4) is 0 Å². The Morgan fingerprint density at radius 2 is 1.80 bits per heavy atom. The third-order valence-corrected chi connectivity index (χ3v) is 2.24. The zero-order chi connectivity index (χ0) is 7.33. The van der Waals surface area contributed by atoms with Crippen molar-refractivity contribution in [3.63, 3.8) is 0 Å². The van der Waals surface area contributed by atoms with Crippen LogP contribution in [-0.2, 0) is 0 Å². The molecule has 64 valence electrons. The van der Waals surface area contributed by atoms with Crippen LogP contribution in [0.2, 0.25) is 0 Å². The molecule has 0 saturated heterocycles. The van der Waals surface area contributed by atoms with Crippen LogP contribution in [-0.4, -0.2) is 17.0 Å². The van der Waals surface area contributed by atoms with E-state index in [4.69, 9.17) is 5.73 Å². The minimum Gasteiger partial charge on any atom is -0.330 e. The molecule has 0 aromatic rings. The fraction of sp³-hybridized carbons (Fsp3) is 1.00.